The molecule has 5 nitrogen and oxygen atoms in total. The van der Waals surface area contributed by atoms with Gasteiger partial charge in [-0.1, -0.05) is 29.3 Å². The minimum atomic E-state index is -0.0613. The summed E-state index contributed by atoms with van der Waals surface area (Å²) in [5, 5.41) is 1.16. The molecule has 0 bridgehead atoms. The molecule has 0 spiro atoms. The first-order valence-electron chi connectivity index (χ1n) is 8.08. The molecule has 7 heteroatoms. The number of piperazine rings is 1. The first kappa shape index (κ1) is 17.8. The second kappa shape index (κ2) is 7.93. The smallest absolute Gasteiger partial charge is 0.257 e. The van der Waals surface area contributed by atoms with Gasteiger partial charge in [-0.3, -0.25) is 9.59 Å². The lowest BCUT2D eigenvalue weighted by molar-refractivity contribution is -0.132. The van der Waals surface area contributed by atoms with Crippen LogP contribution >= 0.6 is 23.2 Å². The molecule has 0 saturated carbocycles. The van der Waals surface area contributed by atoms with E-state index in [-0.39, 0.29) is 11.8 Å². The molecule has 132 valence electrons. The van der Waals surface area contributed by atoms with Gasteiger partial charge in [0, 0.05) is 42.6 Å². The number of aryl methyl sites for hydroxylation is 1. The third-order valence-corrected chi connectivity index (χ3v) is 4.90. The average molecular weight is 381 g/mol. The summed E-state index contributed by atoms with van der Waals surface area (Å²) in [6.45, 7) is 2.13. The number of rotatable bonds is 4. The van der Waals surface area contributed by atoms with Gasteiger partial charge in [-0.15, -0.1) is 0 Å². The molecule has 1 aromatic carbocycles. The van der Waals surface area contributed by atoms with Gasteiger partial charge in [-0.05, 0) is 30.2 Å². The Morgan fingerprint density at radius 3 is 2.40 bits per heavy atom. The van der Waals surface area contributed by atoms with Gasteiger partial charge in [0.15, 0.2) is 0 Å². The number of hydrogen-bond donors (Lipinski definition) is 0. The van der Waals surface area contributed by atoms with E-state index in [1.165, 1.54) is 12.5 Å². The van der Waals surface area contributed by atoms with E-state index in [9.17, 15) is 9.59 Å². The van der Waals surface area contributed by atoms with Crippen LogP contribution in [0.15, 0.2) is 41.2 Å². The van der Waals surface area contributed by atoms with E-state index >= 15 is 0 Å². The Kier molecular flexibility index (Phi) is 5.66. The van der Waals surface area contributed by atoms with E-state index < -0.39 is 0 Å². The molecule has 0 radical (unpaired) electrons. The third kappa shape index (κ3) is 4.35. The highest BCUT2D eigenvalue weighted by Gasteiger charge is 2.25. The van der Waals surface area contributed by atoms with Gasteiger partial charge in [-0.2, -0.15) is 0 Å². The van der Waals surface area contributed by atoms with Crippen molar-refractivity contribution >= 4 is 35.0 Å². The third-order valence-electron chi connectivity index (χ3n) is 4.31. The quantitative estimate of drug-likeness (QED) is 0.815. The SMILES string of the molecule is O=C(CCc1ccc(Cl)cc1Cl)N1CCN(C(=O)c2ccoc2)CC1. The lowest BCUT2D eigenvalue weighted by Crippen LogP contribution is -2.50. The number of carbonyl (C=O) groups is 2. The molecule has 25 heavy (non-hydrogen) atoms. The molecule has 1 aliphatic rings. The Bertz CT molecular complexity index is 754. The standard InChI is InChI=1S/C18H18Cl2N2O3/c19-15-3-1-13(16(20)11-15)2-4-17(23)21-6-8-22(9-7-21)18(24)14-5-10-25-12-14/h1,3,5,10-12H,2,4,6-9H2. The fourth-order valence-corrected chi connectivity index (χ4v) is 3.35. The Hall–Kier alpha value is -1.98. The summed E-state index contributed by atoms with van der Waals surface area (Å²) >= 11 is 12.0. The second-order valence-electron chi connectivity index (χ2n) is 5.92. The van der Waals surface area contributed by atoms with Crippen LogP contribution < -0.4 is 0 Å². The number of benzene rings is 1. The highest BCUT2D eigenvalue weighted by molar-refractivity contribution is 6.35. The van der Waals surface area contributed by atoms with Crippen LogP contribution in [0, 0.1) is 0 Å². The fraction of sp³-hybridized carbons (Fsp3) is 0.333. The molecule has 3 rings (SSSR count). The van der Waals surface area contributed by atoms with Crippen molar-refractivity contribution in [1.82, 2.24) is 9.80 Å². The van der Waals surface area contributed by atoms with Crippen molar-refractivity contribution in [2.45, 2.75) is 12.8 Å². The molecule has 0 N–H and O–H groups in total. The summed E-state index contributed by atoms with van der Waals surface area (Å²) in [4.78, 5) is 28.2. The first-order valence-corrected chi connectivity index (χ1v) is 8.83. The average Bonchev–Trinajstić information content (AvgIpc) is 3.15. The predicted molar refractivity (Wildman–Crippen MR) is 96.0 cm³/mol. The molecule has 1 fully saturated rings. The molecule has 2 amide bonds. The van der Waals surface area contributed by atoms with E-state index in [4.69, 9.17) is 27.6 Å². The summed E-state index contributed by atoms with van der Waals surface area (Å²) in [5.41, 5.74) is 1.45. The minimum absolute atomic E-state index is 0.0613. The zero-order chi connectivity index (χ0) is 17.8. The fourth-order valence-electron chi connectivity index (χ4n) is 2.85. The Balaban J connectivity index is 1.49. The van der Waals surface area contributed by atoms with Gasteiger partial charge in [0.25, 0.3) is 5.91 Å². The maximum Gasteiger partial charge on any atom is 0.257 e. The first-order chi connectivity index (χ1) is 12.0. The van der Waals surface area contributed by atoms with Crippen LogP contribution in [0.25, 0.3) is 0 Å². The van der Waals surface area contributed by atoms with Gasteiger partial charge in [-0.25, -0.2) is 0 Å². The van der Waals surface area contributed by atoms with Gasteiger partial charge in [0.05, 0.1) is 11.8 Å². The molecule has 0 aliphatic carbocycles. The normalized spacial score (nSPS) is 14.6. The molecule has 1 aliphatic heterocycles. The van der Waals surface area contributed by atoms with E-state index in [1.807, 2.05) is 6.07 Å². The molecule has 0 unspecified atom stereocenters. The van der Waals surface area contributed by atoms with Crippen molar-refractivity contribution in [3.8, 4) is 0 Å². The van der Waals surface area contributed by atoms with Crippen molar-refractivity contribution in [3.63, 3.8) is 0 Å². The summed E-state index contributed by atoms with van der Waals surface area (Å²) in [5.74, 6) is 0.00946. The molecule has 0 atom stereocenters. The van der Waals surface area contributed by atoms with Crippen LogP contribution in [0.4, 0.5) is 0 Å². The molecule has 1 saturated heterocycles. The van der Waals surface area contributed by atoms with Crippen LogP contribution in [-0.2, 0) is 11.2 Å². The van der Waals surface area contributed by atoms with Gasteiger partial charge in [0.2, 0.25) is 5.91 Å². The maximum atomic E-state index is 12.4. The van der Waals surface area contributed by atoms with Gasteiger partial charge >= 0.3 is 0 Å². The van der Waals surface area contributed by atoms with Crippen molar-refractivity contribution in [2.75, 3.05) is 26.2 Å². The Morgan fingerprint density at radius 2 is 1.76 bits per heavy atom. The van der Waals surface area contributed by atoms with Crippen LogP contribution in [0.1, 0.15) is 22.3 Å². The molecular weight excluding hydrogens is 363 g/mol. The molecule has 1 aromatic heterocycles. The summed E-state index contributed by atoms with van der Waals surface area (Å²) in [6.07, 6.45) is 3.88. The number of hydrogen-bond acceptors (Lipinski definition) is 3. The summed E-state index contributed by atoms with van der Waals surface area (Å²) in [6, 6.07) is 6.95. The number of nitrogens with zero attached hydrogens (tertiary/aromatic N) is 2. The molecular formula is C18H18Cl2N2O3. The lowest BCUT2D eigenvalue weighted by atomic mass is 10.1. The summed E-state index contributed by atoms with van der Waals surface area (Å²) in [7, 11) is 0. The van der Waals surface area contributed by atoms with Gasteiger partial charge < -0.3 is 14.2 Å². The van der Waals surface area contributed by atoms with Crippen LogP contribution in [0.5, 0.6) is 0 Å². The van der Waals surface area contributed by atoms with Gasteiger partial charge in [0.1, 0.15) is 6.26 Å². The predicted octanol–water partition coefficient (Wildman–Crippen LogP) is 3.50. The number of furan rings is 1. The zero-order valence-corrected chi connectivity index (χ0v) is 15.1. The minimum Gasteiger partial charge on any atom is -0.472 e. The largest absolute Gasteiger partial charge is 0.472 e. The second-order valence-corrected chi connectivity index (χ2v) is 6.76. The zero-order valence-electron chi connectivity index (χ0n) is 13.6. The topological polar surface area (TPSA) is 53.8 Å². The van der Waals surface area contributed by atoms with Crippen molar-refractivity contribution < 1.29 is 14.0 Å². The van der Waals surface area contributed by atoms with E-state index in [1.54, 1.807) is 28.0 Å². The van der Waals surface area contributed by atoms with Crippen LogP contribution in [-0.4, -0.2) is 47.8 Å². The van der Waals surface area contributed by atoms with Crippen LogP contribution in [0.3, 0.4) is 0 Å². The maximum absolute atomic E-state index is 12.4. The highest BCUT2D eigenvalue weighted by Crippen LogP contribution is 2.22. The van der Waals surface area contributed by atoms with E-state index in [0.717, 1.165) is 5.56 Å². The number of amides is 2. The Labute approximate surface area is 156 Å². The monoisotopic (exact) mass is 380 g/mol. The molecule has 2 aromatic rings. The Morgan fingerprint density at radius 1 is 1.04 bits per heavy atom. The van der Waals surface area contributed by atoms with Crippen LogP contribution in [0.2, 0.25) is 10.0 Å². The van der Waals surface area contributed by atoms with Crippen molar-refractivity contribution in [2.24, 2.45) is 0 Å². The van der Waals surface area contributed by atoms with Crippen molar-refractivity contribution in [3.05, 3.63) is 58.0 Å². The lowest BCUT2D eigenvalue weighted by Gasteiger charge is -2.34. The van der Waals surface area contributed by atoms with E-state index in [2.05, 4.69) is 0 Å². The highest BCUT2D eigenvalue weighted by atomic mass is 35.5. The number of carbonyl (C=O) groups excluding carboxylic acids is 2. The number of halogens is 2. The van der Waals surface area contributed by atoms with E-state index in [0.29, 0.717) is 54.6 Å². The van der Waals surface area contributed by atoms with Crippen molar-refractivity contribution in [1.29, 1.82) is 0 Å². The summed E-state index contributed by atoms with van der Waals surface area (Å²) < 4.78 is 4.95. The molecule has 2 heterocycles.